The molecule has 0 unspecified atom stereocenters. The lowest BCUT2D eigenvalue weighted by Gasteiger charge is -2.17. The Morgan fingerprint density at radius 3 is 2.53 bits per heavy atom. The molecule has 0 spiro atoms. The van der Waals surface area contributed by atoms with E-state index in [4.69, 9.17) is 21.3 Å². The predicted molar refractivity (Wildman–Crippen MR) is 120 cm³/mol. The molecule has 30 heavy (non-hydrogen) atoms. The van der Waals surface area contributed by atoms with Gasteiger partial charge in [0.15, 0.2) is 0 Å². The zero-order valence-electron chi connectivity index (χ0n) is 17.7. The van der Waals surface area contributed by atoms with Gasteiger partial charge in [-0.3, -0.25) is 4.98 Å². The molecule has 0 radical (unpaired) electrons. The molecule has 0 aliphatic rings. The van der Waals surface area contributed by atoms with E-state index in [1.807, 2.05) is 50.2 Å². The Labute approximate surface area is 182 Å². The van der Waals surface area contributed by atoms with Crippen molar-refractivity contribution in [2.24, 2.45) is 5.92 Å². The molecule has 0 bridgehead atoms. The van der Waals surface area contributed by atoms with Crippen LogP contribution in [0, 0.1) is 19.8 Å². The van der Waals surface area contributed by atoms with Gasteiger partial charge in [0.1, 0.15) is 12.4 Å². The van der Waals surface area contributed by atoms with Crippen LogP contribution in [0.2, 0.25) is 5.02 Å². The molecule has 3 rings (SSSR count). The topological polar surface area (TPSA) is 59.4 Å². The number of ether oxygens (including phenoxy) is 1. The van der Waals surface area contributed by atoms with Crippen molar-refractivity contribution in [2.75, 3.05) is 0 Å². The van der Waals surface area contributed by atoms with Crippen LogP contribution in [0.3, 0.4) is 0 Å². The van der Waals surface area contributed by atoms with Gasteiger partial charge in [-0.15, -0.1) is 0 Å². The van der Waals surface area contributed by atoms with E-state index in [2.05, 4.69) is 13.8 Å². The normalized spacial score (nSPS) is 11.0. The molecule has 0 amide bonds. The van der Waals surface area contributed by atoms with E-state index >= 15 is 0 Å². The highest BCUT2D eigenvalue weighted by molar-refractivity contribution is 6.30. The highest BCUT2D eigenvalue weighted by Crippen LogP contribution is 2.30. The van der Waals surface area contributed by atoms with Gasteiger partial charge < -0.3 is 9.84 Å². The van der Waals surface area contributed by atoms with E-state index in [0.717, 1.165) is 40.1 Å². The minimum Gasteiger partial charge on any atom is -0.487 e. The van der Waals surface area contributed by atoms with Crippen molar-refractivity contribution in [1.29, 1.82) is 0 Å². The van der Waals surface area contributed by atoms with E-state index in [-0.39, 0.29) is 12.2 Å². The molecular formula is C25H26ClNO3. The Hall–Kier alpha value is -2.85. The summed E-state index contributed by atoms with van der Waals surface area (Å²) in [7, 11) is 0. The number of aromatic nitrogens is 1. The molecule has 0 fully saturated rings. The largest absolute Gasteiger partial charge is 0.487 e. The fraction of sp³-hybridized carbons (Fsp3) is 0.280. The molecular weight excluding hydrogens is 398 g/mol. The van der Waals surface area contributed by atoms with Crippen molar-refractivity contribution in [2.45, 2.75) is 40.7 Å². The highest BCUT2D eigenvalue weighted by atomic mass is 35.5. The molecule has 3 aromatic rings. The summed E-state index contributed by atoms with van der Waals surface area (Å²) in [5, 5.41) is 10.4. The fourth-order valence-corrected chi connectivity index (χ4v) is 3.54. The van der Waals surface area contributed by atoms with E-state index in [0.29, 0.717) is 16.6 Å². The van der Waals surface area contributed by atoms with Crippen LogP contribution in [0.5, 0.6) is 5.75 Å². The van der Waals surface area contributed by atoms with Crippen LogP contribution >= 0.6 is 11.6 Å². The van der Waals surface area contributed by atoms with E-state index in [9.17, 15) is 9.90 Å². The van der Waals surface area contributed by atoms with E-state index < -0.39 is 5.97 Å². The first kappa shape index (κ1) is 21.8. The first-order chi connectivity index (χ1) is 14.2. The summed E-state index contributed by atoms with van der Waals surface area (Å²) in [4.78, 5) is 16.8. The maximum atomic E-state index is 12.0. The number of nitrogens with zero attached hydrogens (tertiary/aromatic N) is 1. The standard InChI is InChI=1S/C25H26ClNO3/c1-15(2)10-22-20(18-6-5-7-19(26)12-18)13-21(25(28)29)23(27-22)14-30-24-11-16(3)8-9-17(24)4/h5-9,11-13,15H,10,14H2,1-4H3,(H,28,29). The average Bonchev–Trinajstić information content (AvgIpc) is 2.68. The van der Waals surface area contributed by atoms with Crippen LogP contribution < -0.4 is 4.74 Å². The zero-order chi connectivity index (χ0) is 21.8. The predicted octanol–water partition coefficient (Wildman–Crippen LogP) is 6.49. The maximum absolute atomic E-state index is 12.0. The molecule has 1 N–H and O–H groups in total. The lowest BCUT2D eigenvalue weighted by atomic mass is 9.95. The van der Waals surface area contributed by atoms with Crippen molar-refractivity contribution < 1.29 is 14.6 Å². The number of hydrogen-bond donors (Lipinski definition) is 1. The number of aryl methyl sites for hydroxylation is 2. The van der Waals surface area contributed by atoms with Crippen molar-refractivity contribution in [3.05, 3.63) is 81.6 Å². The Morgan fingerprint density at radius 2 is 1.87 bits per heavy atom. The fourth-order valence-electron chi connectivity index (χ4n) is 3.35. The van der Waals surface area contributed by atoms with Gasteiger partial charge in [-0.25, -0.2) is 4.79 Å². The van der Waals surface area contributed by atoms with Gasteiger partial charge >= 0.3 is 5.97 Å². The van der Waals surface area contributed by atoms with E-state index in [1.54, 1.807) is 12.1 Å². The molecule has 156 valence electrons. The van der Waals surface area contributed by atoms with Gasteiger partial charge in [-0.05, 0) is 67.1 Å². The minimum absolute atomic E-state index is 0.0901. The monoisotopic (exact) mass is 423 g/mol. The summed E-state index contributed by atoms with van der Waals surface area (Å²) < 4.78 is 5.97. The van der Waals surface area contributed by atoms with Gasteiger partial charge in [0.05, 0.1) is 11.3 Å². The maximum Gasteiger partial charge on any atom is 0.337 e. The molecule has 1 heterocycles. The average molecular weight is 424 g/mol. The number of benzene rings is 2. The molecule has 0 saturated heterocycles. The number of pyridine rings is 1. The molecule has 0 aliphatic heterocycles. The summed E-state index contributed by atoms with van der Waals surface area (Å²) in [5.74, 6) is 0.0674. The summed E-state index contributed by atoms with van der Waals surface area (Å²) in [6.07, 6.45) is 0.720. The van der Waals surface area contributed by atoms with Crippen molar-refractivity contribution >= 4 is 17.6 Å². The van der Waals surface area contributed by atoms with Crippen LogP contribution in [-0.4, -0.2) is 16.1 Å². The number of carbonyl (C=O) groups is 1. The zero-order valence-corrected chi connectivity index (χ0v) is 18.5. The summed E-state index contributed by atoms with van der Waals surface area (Å²) in [5.41, 5.74) is 5.13. The van der Waals surface area contributed by atoms with Gasteiger partial charge in [0.25, 0.3) is 0 Å². The second-order valence-corrected chi connectivity index (χ2v) is 8.38. The van der Waals surface area contributed by atoms with Crippen molar-refractivity contribution in [3.63, 3.8) is 0 Å². The molecule has 4 nitrogen and oxygen atoms in total. The number of hydrogen-bond acceptors (Lipinski definition) is 3. The van der Waals surface area contributed by atoms with Gasteiger partial charge in [0, 0.05) is 16.3 Å². The first-order valence-corrected chi connectivity index (χ1v) is 10.3. The number of carboxylic acids is 1. The Morgan fingerprint density at radius 1 is 1.10 bits per heavy atom. The molecule has 5 heteroatoms. The lowest BCUT2D eigenvalue weighted by Crippen LogP contribution is -2.12. The minimum atomic E-state index is -1.03. The molecule has 0 atom stereocenters. The second-order valence-electron chi connectivity index (χ2n) is 7.95. The number of rotatable bonds is 7. The third-order valence-electron chi connectivity index (χ3n) is 4.86. The molecule has 0 aliphatic carbocycles. The van der Waals surface area contributed by atoms with Gasteiger partial charge in [0.2, 0.25) is 0 Å². The van der Waals surface area contributed by atoms with E-state index in [1.165, 1.54) is 0 Å². The number of aromatic carboxylic acids is 1. The van der Waals surface area contributed by atoms with Crippen LogP contribution in [0.15, 0.2) is 48.5 Å². The van der Waals surface area contributed by atoms with Crippen molar-refractivity contribution in [3.8, 4) is 16.9 Å². The third kappa shape index (κ3) is 5.19. The smallest absolute Gasteiger partial charge is 0.337 e. The molecule has 0 saturated carbocycles. The first-order valence-electron chi connectivity index (χ1n) is 9.96. The molecule has 1 aromatic heterocycles. The third-order valence-corrected chi connectivity index (χ3v) is 5.09. The summed E-state index contributed by atoms with van der Waals surface area (Å²) in [6.45, 7) is 8.27. The highest BCUT2D eigenvalue weighted by Gasteiger charge is 2.19. The van der Waals surface area contributed by atoms with Crippen LogP contribution in [0.25, 0.3) is 11.1 Å². The Bertz CT molecular complexity index is 1080. The number of carboxylic acid groups (broad SMARTS) is 1. The van der Waals surface area contributed by atoms with Crippen LogP contribution in [0.1, 0.15) is 46.7 Å². The molecule has 2 aromatic carbocycles. The van der Waals surface area contributed by atoms with Gasteiger partial charge in [-0.2, -0.15) is 0 Å². The number of halogens is 1. The Balaban J connectivity index is 2.06. The summed E-state index contributed by atoms with van der Waals surface area (Å²) in [6, 6.07) is 15.1. The van der Waals surface area contributed by atoms with Crippen LogP contribution in [0.4, 0.5) is 0 Å². The lowest BCUT2D eigenvalue weighted by molar-refractivity contribution is 0.0693. The Kier molecular flexibility index (Phi) is 6.78. The quantitative estimate of drug-likeness (QED) is 0.471. The van der Waals surface area contributed by atoms with Gasteiger partial charge in [-0.1, -0.05) is 49.7 Å². The van der Waals surface area contributed by atoms with Crippen LogP contribution in [-0.2, 0) is 13.0 Å². The summed E-state index contributed by atoms with van der Waals surface area (Å²) >= 11 is 6.17. The SMILES string of the molecule is Cc1ccc(C)c(OCc2nc(CC(C)C)c(-c3cccc(Cl)c3)cc2C(=O)O)c1. The van der Waals surface area contributed by atoms with Crippen molar-refractivity contribution in [1.82, 2.24) is 4.98 Å². The second kappa shape index (κ2) is 9.31.